The highest BCUT2D eigenvalue weighted by Crippen LogP contribution is 2.15. The Kier molecular flexibility index (Phi) is 3.87. The minimum Gasteiger partial charge on any atom is -0.368 e. The molecule has 17 heavy (non-hydrogen) atoms. The molecule has 5 nitrogen and oxygen atoms in total. The fourth-order valence-corrected chi connectivity index (χ4v) is 1.49. The molecular formula is C10H11ClFN5. The second-order valence-electron chi connectivity index (χ2n) is 3.43. The maximum absolute atomic E-state index is 13.3. The molecule has 2 heterocycles. The molecule has 0 aliphatic carbocycles. The van der Waals surface area contributed by atoms with Crippen molar-refractivity contribution in [2.75, 3.05) is 11.9 Å². The van der Waals surface area contributed by atoms with Gasteiger partial charge in [-0.05, 0) is 12.5 Å². The van der Waals surface area contributed by atoms with Crippen molar-refractivity contribution >= 4 is 17.4 Å². The topological polar surface area (TPSA) is 55.6 Å². The van der Waals surface area contributed by atoms with Crippen LogP contribution in [0.1, 0.15) is 6.42 Å². The van der Waals surface area contributed by atoms with Crippen LogP contribution in [0.15, 0.2) is 24.7 Å². The van der Waals surface area contributed by atoms with Gasteiger partial charge in [-0.15, -0.1) is 5.10 Å². The molecule has 0 aromatic carbocycles. The van der Waals surface area contributed by atoms with E-state index in [1.165, 1.54) is 12.3 Å². The summed E-state index contributed by atoms with van der Waals surface area (Å²) in [6, 6.07) is 1.23. The van der Waals surface area contributed by atoms with Crippen LogP contribution in [0.4, 0.5) is 10.2 Å². The van der Waals surface area contributed by atoms with Crippen LogP contribution in [0.25, 0.3) is 0 Å². The lowest BCUT2D eigenvalue weighted by Gasteiger charge is -2.06. The van der Waals surface area contributed by atoms with Crippen LogP contribution in [0, 0.1) is 5.82 Å². The Morgan fingerprint density at radius 1 is 1.47 bits per heavy atom. The van der Waals surface area contributed by atoms with Gasteiger partial charge < -0.3 is 5.32 Å². The second-order valence-corrected chi connectivity index (χ2v) is 3.87. The SMILES string of the molecule is Fc1cc(Cl)cnc1NCCCn1ccnn1. The van der Waals surface area contributed by atoms with Crippen molar-refractivity contribution in [1.29, 1.82) is 0 Å². The van der Waals surface area contributed by atoms with Gasteiger partial charge in [-0.3, -0.25) is 4.68 Å². The molecule has 2 aromatic rings. The Morgan fingerprint density at radius 3 is 3.06 bits per heavy atom. The van der Waals surface area contributed by atoms with Gasteiger partial charge in [-0.25, -0.2) is 9.37 Å². The summed E-state index contributed by atoms with van der Waals surface area (Å²) >= 11 is 5.60. The summed E-state index contributed by atoms with van der Waals surface area (Å²) in [4.78, 5) is 3.86. The van der Waals surface area contributed by atoms with Crippen molar-refractivity contribution < 1.29 is 4.39 Å². The summed E-state index contributed by atoms with van der Waals surface area (Å²) in [5.41, 5.74) is 0. The van der Waals surface area contributed by atoms with Crippen LogP contribution in [-0.4, -0.2) is 26.5 Å². The van der Waals surface area contributed by atoms with Crippen LogP contribution >= 0.6 is 11.6 Å². The van der Waals surface area contributed by atoms with Crippen molar-refractivity contribution in [3.63, 3.8) is 0 Å². The van der Waals surface area contributed by atoms with E-state index in [2.05, 4.69) is 20.6 Å². The van der Waals surface area contributed by atoms with Gasteiger partial charge in [0.2, 0.25) is 0 Å². The summed E-state index contributed by atoms with van der Waals surface area (Å²) < 4.78 is 15.0. The first-order valence-corrected chi connectivity index (χ1v) is 5.52. The third-order valence-electron chi connectivity index (χ3n) is 2.14. The van der Waals surface area contributed by atoms with Crippen molar-refractivity contribution in [3.05, 3.63) is 35.5 Å². The number of rotatable bonds is 5. The number of nitrogens with one attached hydrogen (secondary N) is 1. The predicted octanol–water partition coefficient (Wildman–Crippen LogP) is 1.97. The fraction of sp³-hybridized carbons (Fsp3) is 0.300. The van der Waals surface area contributed by atoms with Crippen molar-refractivity contribution in [2.45, 2.75) is 13.0 Å². The minimum atomic E-state index is -0.446. The van der Waals surface area contributed by atoms with Crippen molar-refractivity contribution in [2.24, 2.45) is 0 Å². The number of pyridine rings is 1. The zero-order valence-electron chi connectivity index (χ0n) is 8.98. The minimum absolute atomic E-state index is 0.216. The van der Waals surface area contributed by atoms with Gasteiger partial charge in [0.25, 0.3) is 0 Å². The van der Waals surface area contributed by atoms with Crippen LogP contribution in [0.2, 0.25) is 5.02 Å². The molecule has 2 rings (SSSR count). The number of halogens is 2. The first-order chi connectivity index (χ1) is 8.25. The molecule has 1 N–H and O–H groups in total. The molecule has 0 fully saturated rings. The molecule has 0 spiro atoms. The van der Waals surface area contributed by atoms with E-state index in [1.807, 2.05) is 0 Å². The van der Waals surface area contributed by atoms with Gasteiger partial charge in [0.15, 0.2) is 11.6 Å². The lowest BCUT2D eigenvalue weighted by atomic mass is 10.4. The highest BCUT2D eigenvalue weighted by atomic mass is 35.5. The largest absolute Gasteiger partial charge is 0.368 e. The summed E-state index contributed by atoms with van der Waals surface area (Å²) in [6.07, 6.45) is 5.60. The predicted molar refractivity (Wildman–Crippen MR) is 62.3 cm³/mol. The molecule has 2 aromatic heterocycles. The summed E-state index contributed by atoms with van der Waals surface area (Å²) in [5.74, 6) is -0.230. The lowest BCUT2D eigenvalue weighted by molar-refractivity contribution is 0.567. The molecule has 0 saturated carbocycles. The summed E-state index contributed by atoms with van der Waals surface area (Å²) in [6.45, 7) is 1.33. The van der Waals surface area contributed by atoms with Crippen LogP contribution in [-0.2, 0) is 6.54 Å². The monoisotopic (exact) mass is 255 g/mol. The third kappa shape index (κ3) is 3.39. The van der Waals surface area contributed by atoms with Gasteiger partial charge in [0.1, 0.15) is 0 Å². The van der Waals surface area contributed by atoms with E-state index in [0.29, 0.717) is 6.54 Å². The van der Waals surface area contributed by atoms with Crippen molar-refractivity contribution in [1.82, 2.24) is 20.0 Å². The first kappa shape index (κ1) is 11.8. The van der Waals surface area contributed by atoms with E-state index in [-0.39, 0.29) is 10.8 Å². The van der Waals surface area contributed by atoms with Gasteiger partial charge >= 0.3 is 0 Å². The van der Waals surface area contributed by atoms with E-state index < -0.39 is 5.82 Å². The average Bonchev–Trinajstić information content (AvgIpc) is 2.79. The number of nitrogens with zero attached hydrogens (tertiary/aromatic N) is 4. The molecule has 0 atom stereocenters. The standard InChI is InChI=1S/C10H11ClFN5/c11-8-6-9(12)10(14-7-8)13-2-1-4-17-5-3-15-16-17/h3,5-7H,1-2,4H2,(H,13,14). The molecule has 0 saturated heterocycles. The molecule has 0 amide bonds. The molecule has 0 unspecified atom stereocenters. The Morgan fingerprint density at radius 2 is 2.35 bits per heavy atom. The van der Waals surface area contributed by atoms with E-state index in [0.717, 1.165) is 13.0 Å². The Balaban J connectivity index is 1.78. The van der Waals surface area contributed by atoms with Crippen LogP contribution in [0.5, 0.6) is 0 Å². The van der Waals surface area contributed by atoms with Crippen LogP contribution < -0.4 is 5.32 Å². The van der Waals surface area contributed by atoms with Crippen LogP contribution in [0.3, 0.4) is 0 Å². The lowest BCUT2D eigenvalue weighted by Crippen LogP contribution is -2.09. The molecule has 90 valence electrons. The quantitative estimate of drug-likeness (QED) is 0.830. The van der Waals surface area contributed by atoms with Gasteiger partial charge in [-0.1, -0.05) is 16.8 Å². The van der Waals surface area contributed by atoms with E-state index in [9.17, 15) is 4.39 Å². The zero-order valence-corrected chi connectivity index (χ0v) is 9.73. The average molecular weight is 256 g/mol. The second kappa shape index (κ2) is 5.58. The molecule has 0 aliphatic rings. The zero-order chi connectivity index (χ0) is 12.1. The number of hydrogen-bond donors (Lipinski definition) is 1. The van der Waals surface area contributed by atoms with Gasteiger partial charge in [0.05, 0.1) is 11.2 Å². The number of aromatic nitrogens is 4. The first-order valence-electron chi connectivity index (χ1n) is 5.15. The third-order valence-corrected chi connectivity index (χ3v) is 2.34. The molecule has 0 bridgehead atoms. The Hall–Kier alpha value is -1.69. The normalized spacial score (nSPS) is 10.5. The van der Waals surface area contributed by atoms with E-state index in [4.69, 9.17) is 11.6 Å². The molecule has 0 aliphatic heterocycles. The summed E-state index contributed by atoms with van der Waals surface area (Å²) in [7, 11) is 0. The smallest absolute Gasteiger partial charge is 0.166 e. The highest BCUT2D eigenvalue weighted by molar-refractivity contribution is 6.30. The van der Waals surface area contributed by atoms with Gasteiger partial charge in [-0.2, -0.15) is 0 Å². The number of hydrogen-bond acceptors (Lipinski definition) is 4. The number of anilines is 1. The Bertz CT molecular complexity index is 474. The molecule has 0 radical (unpaired) electrons. The van der Waals surface area contributed by atoms with E-state index >= 15 is 0 Å². The Labute approximate surface area is 103 Å². The maximum Gasteiger partial charge on any atom is 0.166 e. The number of aryl methyl sites for hydroxylation is 1. The molecular weight excluding hydrogens is 245 g/mol. The van der Waals surface area contributed by atoms with Gasteiger partial charge in [0, 0.05) is 25.5 Å². The van der Waals surface area contributed by atoms with E-state index in [1.54, 1.807) is 17.1 Å². The molecule has 7 heteroatoms. The summed E-state index contributed by atoms with van der Waals surface area (Å²) in [5, 5.41) is 10.7. The highest BCUT2D eigenvalue weighted by Gasteiger charge is 2.03. The van der Waals surface area contributed by atoms with Crippen molar-refractivity contribution in [3.8, 4) is 0 Å². The maximum atomic E-state index is 13.3. The fourth-order valence-electron chi connectivity index (χ4n) is 1.34.